The summed E-state index contributed by atoms with van der Waals surface area (Å²) in [6.45, 7) is 2.70. The quantitative estimate of drug-likeness (QED) is 0.467. The molecule has 0 aromatic carbocycles. The lowest BCUT2D eigenvalue weighted by Gasteiger charge is -2.33. The second kappa shape index (κ2) is 11.3. The van der Waals surface area contributed by atoms with E-state index in [0.717, 1.165) is 49.2 Å². The molecule has 1 saturated carbocycles. The number of amides is 2. The minimum absolute atomic E-state index is 0.107. The van der Waals surface area contributed by atoms with Gasteiger partial charge in [-0.1, -0.05) is 25.3 Å². The van der Waals surface area contributed by atoms with Crippen LogP contribution in [0.5, 0.6) is 0 Å². The molecule has 4 heterocycles. The number of nitrogens with one attached hydrogen (secondary N) is 1. The molecule has 3 aromatic heterocycles. The van der Waals surface area contributed by atoms with Gasteiger partial charge in [0.15, 0.2) is 5.76 Å². The first kappa shape index (κ1) is 24.6. The third kappa shape index (κ3) is 5.84. The van der Waals surface area contributed by atoms with E-state index in [2.05, 4.69) is 20.7 Å². The summed E-state index contributed by atoms with van der Waals surface area (Å²) in [6, 6.07) is 6.82. The van der Waals surface area contributed by atoms with Crippen molar-refractivity contribution >= 4 is 23.2 Å². The van der Waals surface area contributed by atoms with E-state index in [-0.39, 0.29) is 30.5 Å². The lowest BCUT2D eigenvalue weighted by atomic mass is 9.95. The van der Waals surface area contributed by atoms with Crippen LogP contribution >= 0.6 is 11.3 Å². The van der Waals surface area contributed by atoms with Gasteiger partial charge in [0.1, 0.15) is 18.3 Å². The average molecular weight is 513 g/mol. The molecule has 2 aliphatic rings. The molecule has 1 aliphatic carbocycles. The van der Waals surface area contributed by atoms with Gasteiger partial charge in [-0.25, -0.2) is 0 Å². The van der Waals surface area contributed by atoms with E-state index in [1.165, 1.54) is 22.6 Å². The van der Waals surface area contributed by atoms with Crippen LogP contribution in [0.2, 0.25) is 0 Å². The molecular formula is C25H32N6O4S. The lowest BCUT2D eigenvalue weighted by Crippen LogP contribution is -2.49. The Kier molecular flexibility index (Phi) is 7.76. The van der Waals surface area contributed by atoms with Crippen LogP contribution in [-0.2, 0) is 20.9 Å². The van der Waals surface area contributed by atoms with Crippen molar-refractivity contribution in [3.8, 4) is 11.6 Å². The van der Waals surface area contributed by atoms with E-state index in [0.29, 0.717) is 24.7 Å². The predicted octanol–water partition coefficient (Wildman–Crippen LogP) is 3.50. The molecule has 1 aliphatic heterocycles. The summed E-state index contributed by atoms with van der Waals surface area (Å²) in [6.07, 6.45) is 7.07. The molecule has 0 unspecified atom stereocenters. The highest BCUT2D eigenvalue weighted by Crippen LogP contribution is 2.29. The topological polar surface area (TPSA) is 115 Å². The first-order valence-corrected chi connectivity index (χ1v) is 13.5. The number of rotatable bonds is 9. The van der Waals surface area contributed by atoms with Crippen molar-refractivity contribution in [2.75, 3.05) is 13.2 Å². The van der Waals surface area contributed by atoms with Crippen LogP contribution in [0.3, 0.4) is 0 Å². The zero-order valence-electron chi connectivity index (χ0n) is 20.5. The fraction of sp³-hybridized carbons (Fsp3) is 0.560. The van der Waals surface area contributed by atoms with Crippen LogP contribution in [0, 0.1) is 6.92 Å². The third-order valence-electron chi connectivity index (χ3n) is 6.76. The standard InChI is InChI=1S/C25H32N6O4S/c1-17-11-12-20(35-17)24-27-29-31(28-24)16-22(32)30(15-19-9-5-13-34-19)23(21-10-6-14-36-21)25(33)26-18-7-3-2-4-8-18/h6,10-12,14,18-19,23H,2-5,7-9,13,15-16H2,1H3,(H,26,33)/t19-,23+/m1/s1. The maximum absolute atomic E-state index is 13.7. The van der Waals surface area contributed by atoms with E-state index in [1.54, 1.807) is 11.0 Å². The number of carbonyl (C=O) groups excluding carboxylic acids is 2. The van der Waals surface area contributed by atoms with Crippen molar-refractivity contribution < 1.29 is 18.7 Å². The Hall–Kier alpha value is -3.05. The fourth-order valence-corrected chi connectivity index (χ4v) is 5.77. The minimum Gasteiger partial charge on any atom is -0.458 e. The number of thiophene rings is 1. The number of aryl methyl sites for hydroxylation is 1. The Morgan fingerprint density at radius 3 is 2.75 bits per heavy atom. The number of hydrogen-bond acceptors (Lipinski definition) is 8. The summed E-state index contributed by atoms with van der Waals surface area (Å²) in [5.41, 5.74) is 0. The highest BCUT2D eigenvalue weighted by atomic mass is 32.1. The Morgan fingerprint density at radius 2 is 2.06 bits per heavy atom. The molecule has 1 saturated heterocycles. The van der Waals surface area contributed by atoms with E-state index >= 15 is 0 Å². The number of aromatic nitrogens is 4. The molecule has 2 atom stereocenters. The summed E-state index contributed by atoms with van der Waals surface area (Å²) in [7, 11) is 0. The van der Waals surface area contributed by atoms with Crippen molar-refractivity contribution in [2.45, 2.75) is 76.6 Å². The first-order valence-electron chi connectivity index (χ1n) is 12.7. The fourth-order valence-electron chi connectivity index (χ4n) is 4.93. The number of hydrogen-bond donors (Lipinski definition) is 1. The minimum atomic E-state index is -0.737. The maximum atomic E-state index is 13.7. The normalized spacial score (nSPS) is 19.3. The SMILES string of the molecule is Cc1ccc(-c2nnn(CC(=O)N(C[C@H]3CCCO3)[C@H](C(=O)NC3CCCCC3)c3cccs3)n2)o1. The van der Waals surface area contributed by atoms with Crippen LogP contribution in [-0.4, -0.2) is 62.2 Å². The number of carbonyl (C=O) groups is 2. The molecule has 1 N–H and O–H groups in total. The number of tetrazole rings is 1. The molecule has 5 rings (SSSR count). The van der Waals surface area contributed by atoms with E-state index in [1.807, 2.05) is 30.5 Å². The number of furan rings is 1. The second-order valence-electron chi connectivity index (χ2n) is 9.50. The Bertz CT molecular complexity index is 1150. The summed E-state index contributed by atoms with van der Waals surface area (Å²) in [4.78, 5) is 31.1. The molecule has 192 valence electrons. The maximum Gasteiger partial charge on any atom is 0.248 e. The first-order chi connectivity index (χ1) is 17.6. The smallest absolute Gasteiger partial charge is 0.248 e. The van der Waals surface area contributed by atoms with Gasteiger partial charge < -0.3 is 19.4 Å². The van der Waals surface area contributed by atoms with Gasteiger partial charge in [-0.2, -0.15) is 4.80 Å². The zero-order chi connectivity index (χ0) is 24.9. The van der Waals surface area contributed by atoms with Crippen LogP contribution in [0.4, 0.5) is 0 Å². The Morgan fingerprint density at radius 1 is 1.19 bits per heavy atom. The summed E-state index contributed by atoms with van der Waals surface area (Å²) >= 11 is 1.48. The molecule has 2 amide bonds. The zero-order valence-corrected chi connectivity index (χ0v) is 21.3. The van der Waals surface area contributed by atoms with E-state index < -0.39 is 6.04 Å². The molecule has 0 bridgehead atoms. The Balaban J connectivity index is 1.38. The molecular weight excluding hydrogens is 480 g/mol. The second-order valence-corrected chi connectivity index (χ2v) is 10.5. The van der Waals surface area contributed by atoms with Crippen molar-refractivity contribution in [3.63, 3.8) is 0 Å². The molecule has 0 radical (unpaired) electrons. The van der Waals surface area contributed by atoms with Gasteiger partial charge in [0.2, 0.25) is 17.6 Å². The molecule has 36 heavy (non-hydrogen) atoms. The van der Waals surface area contributed by atoms with Gasteiger partial charge >= 0.3 is 0 Å². The van der Waals surface area contributed by atoms with Crippen LogP contribution < -0.4 is 5.32 Å². The molecule has 2 fully saturated rings. The van der Waals surface area contributed by atoms with Gasteiger partial charge in [-0.15, -0.1) is 21.5 Å². The van der Waals surface area contributed by atoms with Gasteiger partial charge in [0.25, 0.3) is 0 Å². The largest absolute Gasteiger partial charge is 0.458 e. The predicted molar refractivity (Wildman–Crippen MR) is 133 cm³/mol. The van der Waals surface area contributed by atoms with Crippen LogP contribution in [0.25, 0.3) is 11.6 Å². The van der Waals surface area contributed by atoms with Crippen LogP contribution in [0.15, 0.2) is 34.1 Å². The van der Waals surface area contributed by atoms with E-state index in [4.69, 9.17) is 9.15 Å². The summed E-state index contributed by atoms with van der Waals surface area (Å²) < 4.78 is 11.4. The van der Waals surface area contributed by atoms with Crippen LogP contribution in [0.1, 0.15) is 61.6 Å². The monoisotopic (exact) mass is 512 g/mol. The van der Waals surface area contributed by atoms with Crippen molar-refractivity contribution in [1.29, 1.82) is 0 Å². The third-order valence-corrected chi connectivity index (χ3v) is 7.68. The lowest BCUT2D eigenvalue weighted by molar-refractivity contribution is -0.143. The Labute approximate surface area is 214 Å². The van der Waals surface area contributed by atoms with Gasteiger partial charge in [-0.05, 0) is 61.4 Å². The summed E-state index contributed by atoms with van der Waals surface area (Å²) in [5, 5.41) is 17.6. The molecule has 11 heteroatoms. The molecule has 3 aromatic rings. The highest BCUT2D eigenvalue weighted by Gasteiger charge is 2.36. The van der Waals surface area contributed by atoms with E-state index in [9.17, 15) is 9.59 Å². The summed E-state index contributed by atoms with van der Waals surface area (Å²) in [5.74, 6) is 1.14. The van der Waals surface area contributed by atoms with Gasteiger partial charge in [0.05, 0.1) is 6.10 Å². The molecule has 10 nitrogen and oxygen atoms in total. The van der Waals surface area contributed by atoms with Gasteiger partial charge in [-0.3, -0.25) is 9.59 Å². The number of ether oxygens (including phenoxy) is 1. The average Bonchev–Trinajstić information content (AvgIpc) is 3.68. The van der Waals surface area contributed by atoms with Gasteiger partial charge in [0, 0.05) is 24.1 Å². The van der Waals surface area contributed by atoms with Crippen molar-refractivity contribution in [3.05, 3.63) is 40.3 Å². The van der Waals surface area contributed by atoms with Crippen molar-refractivity contribution in [2.24, 2.45) is 0 Å². The molecule has 0 spiro atoms. The van der Waals surface area contributed by atoms with Crippen molar-refractivity contribution in [1.82, 2.24) is 30.4 Å². The highest BCUT2D eigenvalue weighted by molar-refractivity contribution is 7.10. The number of nitrogens with zero attached hydrogens (tertiary/aromatic N) is 5.